The number of hydrogen-bond donors (Lipinski definition) is 4. The van der Waals surface area contributed by atoms with Gasteiger partial charge in [0, 0.05) is 6.42 Å². The van der Waals surface area contributed by atoms with E-state index in [2.05, 4.69) is 16.0 Å². The van der Waals surface area contributed by atoms with Gasteiger partial charge in [-0.25, -0.2) is 9.59 Å². The molecule has 3 atom stereocenters. The third-order valence-electron chi connectivity index (χ3n) is 5.87. The molecule has 0 spiro atoms. The van der Waals surface area contributed by atoms with Crippen LogP contribution in [-0.4, -0.2) is 59.5 Å². The van der Waals surface area contributed by atoms with Crippen LogP contribution in [-0.2, 0) is 51.4 Å². The number of carbonyl (C=O) groups excluding carboxylic acids is 6. The monoisotopic (exact) mass is 612 g/mol. The summed E-state index contributed by atoms with van der Waals surface area (Å²) in [6, 6.07) is 13.7. The fourth-order valence-electron chi connectivity index (χ4n) is 3.68. The highest BCUT2D eigenvalue weighted by Crippen LogP contribution is 2.09. The van der Waals surface area contributed by atoms with Crippen molar-refractivity contribution in [3.05, 3.63) is 71.8 Å². The predicted molar refractivity (Wildman–Crippen MR) is 158 cm³/mol. The summed E-state index contributed by atoms with van der Waals surface area (Å²) in [5.41, 5.74) is 5.92. The minimum absolute atomic E-state index is 0.00762. The van der Waals surface area contributed by atoms with Crippen molar-refractivity contribution >= 4 is 35.8 Å². The van der Waals surface area contributed by atoms with E-state index in [-0.39, 0.29) is 26.1 Å². The van der Waals surface area contributed by atoms with E-state index >= 15 is 0 Å². The van der Waals surface area contributed by atoms with Crippen LogP contribution in [0.2, 0.25) is 0 Å². The number of alkyl carbamates (subject to hydrolysis) is 1. The van der Waals surface area contributed by atoms with Gasteiger partial charge in [-0.1, -0.05) is 60.7 Å². The number of ether oxygens (including phenoxy) is 3. The second kappa shape index (κ2) is 17.2. The molecule has 0 fully saturated rings. The van der Waals surface area contributed by atoms with Crippen molar-refractivity contribution in [3.8, 4) is 0 Å². The Balaban J connectivity index is 2.12. The summed E-state index contributed by atoms with van der Waals surface area (Å²) in [4.78, 5) is 75.3. The van der Waals surface area contributed by atoms with Crippen LogP contribution < -0.4 is 21.7 Å². The van der Waals surface area contributed by atoms with Crippen LogP contribution in [0.5, 0.6) is 0 Å². The van der Waals surface area contributed by atoms with Crippen LogP contribution in [0, 0.1) is 0 Å². The number of nitrogens with one attached hydrogen (secondary N) is 3. The Hall–Kier alpha value is -4.94. The molecule has 4 amide bonds. The topological polar surface area (TPSA) is 192 Å². The van der Waals surface area contributed by atoms with E-state index in [1.165, 1.54) is 6.92 Å². The first-order valence-corrected chi connectivity index (χ1v) is 14.0. The van der Waals surface area contributed by atoms with Gasteiger partial charge in [-0.2, -0.15) is 0 Å². The van der Waals surface area contributed by atoms with Crippen molar-refractivity contribution in [1.82, 2.24) is 16.0 Å². The number of amides is 4. The molecule has 238 valence electrons. The molecule has 0 saturated carbocycles. The van der Waals surface area contributed by atoms with Gasteiger partial charge in [0.15, 0.2) is 0 Å². The first-order valence-electron chi connectivity index (χ1n) is 14.0. The van der Waals surface area contributed by atoms with Crippen LogP contribution in [0.1, 0.15) is 58.1 Å². The van der Waals surface area contributed by atoms with E-state index in [1.54, 1.807) is 75.4 Å². The zero-order valence-electron chi connectivity index (χ0n) is 25.3. The number of nitrogens with two attached hydrogens (primary N) is 1. The van der Waals surface area contributed by atoms with Crippen molar-refractivity contribution < 1.29 is 43.0 Å². The van der Waals surface area contributed by atoms with E-state index in [4.69, 9.17) is 19.9 Å². The van der Waals surface area contributed by atoms with E-state index < -0.39 is 65.9 Å². The maximum absolute atomic E-state index is 13.3. The third-order valence-corrected chi connectivity index (χ3v) is 5.87. The lowest BCUT2D eigenvalue weighted by Crippen LogP contribution is -2.56. The lowest BCUT2D eigenvalue weighted by atomic mass is 10.1. The zero-order valence-corrected chi connectivity index (χ0v) is 25.3. The van der Waals surface area contributed by atoms with Gasteiger partial charge in [-0.05, 0) is 45.2 Å². The molecular formula is C31H40N4O9. The molecule has 0 aliphatic heterocycles. The Morgan fingerprint density at radius 3 is 1.80 bits per heavy atom. The molecule has 0 unspecified atom stereocenters. The molecule has 0 saturated heterocycles. The SMILES string of the molecule is C[C@H](NC(=O)OC(C)(C)C)C(=O)N[C@@H](CCC(=O)OCc1ccccc1)C(=O)N[C@@H](CC(N)=O)C(=O)OCc1ccccc1. The summed E-state index contributed by atoms with van der Waals surface area (Å²) in [5.74, 6) is -4.11. The van der Waals surface area contributed by atoms with Crippen molar-refractivity contribution in [2.24, 2.45) is 5.73 Å². The van der Waals surface area contributed by atoms with Gasteiger partial charge >= 0.3 is 18.0 Å². The molecular weight excluding hydrogens is 572 g/mol. The average molecular weight is 613 g/mol. The van der Waals surface area contributed by atoms with Gasteiger partial charge in [-0.3, -0.25) is 19.2 Å². The predicted octanol–water partition coefficient (Wildman–Crippen LogP) is 2.01. The van der Waals surface area contributed by atoms with Gasteiger partial charge in [0.2, 0.25) is 17.7 Å². The van der Waals surface area contributed by atoms with Crippen LogP contribution in [0.3, 0.4) is 0 Å². The summed E-state index contributed by atoms with van der Waals surface area (Å²) >= 11 is 0. The number of carbonyl (C=O) groups is 6. The summed E-state index contributed by atoms with van der Waals surface area (Å²) < 4.78 is 15.7. The highest BCUT2D eigenvalue weighted by atomic mass is 16.6. The second-order valence-corrected chi connectivity index (χ2v) is 10.9. The van der Waals surface area contributed by atoms with E-state index in [9.17, 15) is 28.8 Å². The van der Waals surface area contributed by atoms with Crippen LogP contribution in [0.25, 0.3) is 0 Å². The second-order valence-electron chi connectivity index (χ2n) is 10.9. The van der Waals surface area contributed by atoms with E-state index in [0.29, 0.717) is 5.56 Å². The van der Waals surface area contributed by atoms with Crippen molar-refractivity contribution in [2.75, 3.05) is 0 Å². The normalized spacial score (nSPS) is 12.9. The molecule has 0 bridgehead atoms. The molecule has 0 heterocycles. The first-order chi connectivity index (χ1) is 20.7. The number of rotatable bonds is 15. The summed E-state index contributed by atoms with van der Waals surface area (Å²) in [7, 11) is 0. The Bertz CT molecular complexity index is 1280. The molecule has 0 aromatic heterocycles. The van der Waals surface area contributed by atoms with Gasteiger partial charge in [0.05, 0.1) is 6.42 Å². The fourth-order valence-corrected chi connectivity index (χ4v) is 3.68. The van der Waals surface area contributed by atoms with Gasteiger partial charge in [-0.15, -0.1) is 0 Å². The Morgan fingerprint density at radius 1 is 0.750 bits per heavy atom. The summed E-state index contributed by atoms with van der Waals surface area (Å²) in [5, 5.41) is 7.23. The number of esters is 2. The lowest BCUT2D eigenvalue weighted by Gasteiger charge is -2.24. The number of primary amides is 1. The third kappa shape index (κ3) is 13.8. The van der Waals surface area contributed by atoms with Gasteiger partial charge in [0.25, 0.3) is 0 Å². The quantitative estimate of drug-likeness (QED) is 0.172. The summed E-state index contributed by atoms with van der Waals surface area (Å²) in [6.45, 7) is 6.23. The maximum Gasteiger partial charge on any atom is 0.408 e. The molecule has 13 nitrogen and oxygen atoms in total. The van der Waals surface area contributed by atoms with E-state index in [0.717, 1.165) is 5.56 Å². The highest BCUT2D eigenvalue weighted by Gasteiger charge is 2.31. The van der Waals surface area contributed by atoms with Crippen LogP contribution in [0.15, 0.2) is 60.7 Å². The molecule has 5 N–H and O–H groups in total. The molecule has 0 radical (unpaired) electrons. The molecule has 2 aromatic carbocycles. The average Bonchev–Trinajstić information content (AvgIpc) is 2.96. The van der Waals surface area contributed by atoms with Crippen molar-refractivity contribution in [1.29, 1.82) is 0 Å². The highest BCUT2D eigenvalue weighted by molar-refractivity contribution is 5.94. The summed E-state index contributed by atoms with van der Waals surface area (Å²) in [6.07, 6.45) is -1.94. The molecule has 13 heteroatoms. The zero-order chi connectivity index (χ0) is 32.7. The van der Waals surface area contributed by atoms with Gasteiger partial charge in [0.1, 0.15) is 36.9 Å². The molecule has 0 aliphatic rings. The van der Waals surface area contributed by atoms with E-state index in [1.807, 2.05) is 6.07 Å². The molecule has 44 heavy (non-hydrogen) atoms. The standard InChI is InChI=1S/C31H40N4O9/c1-20(33-30(41)44-31(2,3)4)27(38)34-23(15-16-26(37)42-18-21-11-7-5-8-12-21)28(39)35-24(17-25(32)36)29(40)43-19-22-13-9-6-10-14-22/h5-14,20,23-24H,15-19H2,1-4H3,(H2,32,36)(H,33,41)(H,34,38)(H,35,39)/t20-,23-,24-/m0/s1. The van der Waals surface area contributed by atoms with Crippen LogP contribution >= 0.6 is 0 Å². The Labute approximate surface area is 256 Å². The number of hydrogen-bond acceptors (Lipinski definition) is 9. The van der Waals surface area contributed by atoms with Crippen LogP contribution in [0.4, 0.5) is 4.79 Å². The molecule has 2 rings (SSSR count). The molecule has 2 aromatic rings. The largest absolute Gasteiger partial charge is 0.461 e. The Kier molecular flexibility index (Phi) is 13.8. The minimum atomic E-state index is -1.47. The maximum atomic E-state index is 13.3. The van der Waals surface area contributed by atoms with Crippen molar-refractivity contribution in [2.45, 2.75) is 83.9 Å². The van der Waals surface area contributed by atoms with Gasteiger partial charge < -0.3 is 35.9 Å². The first kappa shape index (κ1) is 35.3. The minimum Gasteiger partial charge on any atom is -0.461 e. The Morgan fingerprint density at radius 2 is 1.27 bits per heavy atom. The fraction of sp³-hybridized carbons (Fsp3) is 0.419. The smallest absolute Gasteiger partial charge is 0.408 e. The lowest BCUT2D eigenvalue weighted by molar-refractivity contribution is -0.151. The van der Waals surface area contributed by atoms with Crippen molar-refractivity contribution in [3.63, 3.8) is 0 Å². The molecule has 0 aliphatic carbocycles. The number of benzene rings is 2.